The molecule has 0 spiro atoms. The van der Waals surface area contributed by atoms with Crippen LogP contribution in [0.5, 0.6) is 0 Å². The van der Waals surface area contributed by atoms with Crippen LogP contribution in [0.4, 0.5) is 0 Å². The van der Waals surface area contributed by atoms with Gasteiger partial charge in [0.2, 0.25) is 0 Å². The minimum absolute atomic E-state index is 0.201. The average Bonchev–Trinajstić information content (AvgIpc) is 2.05. The van der Waals surface area contributed by atoms with Gasteiger partial charge in [0.05, 0.1) is 0 Å². The molecule has 0 saturated heterocycles. The first-order valence-corrected chi connectivity index (χ1v) is 4.83. The molecule has 0 bridgehead atoms. The van der Waals surface area contributed by atoms with E-state index in [0.717, 1.165) is 6.42 Å². The topological polar surface area (TPSA) is 26.0 Å². The van der Waals surface area contributed by atoms with Crippen molar-refractivity contribution in [1.82, 2.24) is 0 Å². The second kappa shape index (κ2) is 4.07. The van der Waals surface area contributed by atoms with Gasteiger partial charge < -0.3 is 5.73 Å². The summed E-state index contributed by atoms with van der Waals surface area (Å²) in [6, 6.07) is 8.56. The summed E-state index contributed by atoms with van der Waals surface area (Å²) in [4.78, 5) is 0. The van der Waals surface area contributed by atoms with Crippen molar-refractivity contribution in [3.8, 4) is 0 Å². The number of hydrogen-bond acceptors (Lipinski definition) is 1. The maximum atomic E-state index is 5.84. The SMILES string of the molecule is CCC(N)c1ccc(I)cc1. The van der Waals surface area contributed by atoms with Crippen molar-refractivity contribution >= 4 is 22.6 Å². The highest BCUT2D eigenvalue weighted by atomic mass is 127. The highest BCUT2D eigenvalue weighted by Crippen LogP contribution is 2.14. The molecule has 0 amide bonds. The Morgan fingerprint density at radius 1 is 1.36 bits per heavy atom. The number of hydrogen-bond donors (Lipinski definition) is 1. The molecule has 1 atom stereocenters. The molecule has 0 aliphatic carbocycles. The molecular weight excluding hydrogens is 249 g/mol. The lowest BCUT2D eigenvalue weighted by atomic mass is 10.1. The third-order valence-electron chi connectivity index (χ3n) is 1.74. The molecule has 2 heteroatoms. The van der Waals surface area contributed by atoms with Gasteiger partial charge in [-0.3, -0.25) is 0 Å². The van der Waals surface area contributed by atoms with Crippen LogP contribution in [-0.4, -0.2) is 0 Å². The fourth-order valence-corrected chi connectivity index (χ4v) is 1.31. The lowest BCUT2D eigenvalue weighted by Gasteiger charge is -2.07. The molecule has 0 aliphatic rings. The molecule has 1 aromatic rings. The molecule has 2 N–H and O–H groups in total. The number of rotatable bonds is 2. The lowest BCUT2D eigenvalue weighted by Crippen LogP contribution is -2.07. The largest absolute Gasteiger partial charge is 0.324 e. The van der Waals surface area contributed by atoms with E-state index in [2.05, 4.69) is 53.8 Å². The Kier molecular flexibility index (Phi) is 3.33. The van der Waals surface area contributed by atoms with E-state index in [0.29, 0.717) is 0 Å². The normalized spacial score (nSPS) is 13.0. The van der Waals surface area contributed by atoms with Crippen LogP contribution < -0.4 is 5.73 Å². The monoisotopic (exact) mass is 261 g/mol. The van der Waals surface area contributed by atoms with Crippen LogP contribution in [0.15, 0.2) is 24.3 Å². The molecule has 0 heterocycles. The standard InChI is InChI=1S/C9H12IN/c1-2-9(11)7-3-5-8(10)6-4-7/h3-6,9H,2,11H2,1H3. The van der Waals surface area contributed by atoms with E-state index in [4.69, 9.17) is 5.73 Å². The quantitative estimate of drug-likeness (QED) is 0.814. The molecule has 0 fully saturated rings. The van der Waals surface area contributed by atoms with Crippen molar-refractivity contribution < 1.29 is 0 Å². The van der Waals surface area contributed by atoms with Gasteiger partial charge in [0, 0.05) is 9.61 Å². The summed E-state index contributed by atoms with van der Waals surface area (Å²) < 4.78 is 1.26. The smallest absolute Gasteiger partial charge is 0.0292 e. The van der Waals surface area contributed by atoms with Gasteiger partial charge in [0.15, 0.2) is 0 Å². The van der Waals surface area contributed by atoms with E-state index in [1.807, 2.05) is 0 Å². The van der Waals surface area contributed by atoms with Crippen LogP contribution in [0.1, 0.15) is 24.9 Å². The fraction of sp³-hybridized carbons (Fsp3) is 0.333. The van der Waals surface area contributed by atoms with Crippen molar-refractivity contribution in [3.05, 3.63) is 33.4 Å². The Bertz CT molecular complexity index is 218. The first kappa shape index (κ1) is 9.00. The third-order valence-corrected chi connectivity index (χ3v) is 2.46. The third kappa shape index (κ3) is 2.45. The van der Waals surface area contributed by atoms with Crippen molar-refractivity contribution in [2.45, 2.75) is 19.4 Å². The van der Waals surface area contributed by atoms with E-state index in [1.165, 1.54) is 9.13 Å². The first-order valence-electron chi connectivity index (χ1n) is 3.75. The van der Waals surface area contributed by atoms with Crippen LogP contribution in [-0.2, 0) is 0 Å². The van der Waals surface area contributed by atoms with Crippen LogP contribution in [0, 0.1) is 3.57 Å². The predicted octanol–water partition coefficient (Wildman–Crippen LogP) is 2.70. The summed E-state index contributed by atoms with van der Waals surface area (Å²) in [5, 5.41) is 0. The van der Waals surface area contributed by atoms with Gasteiger partial charge in [-0.1, -0.05) is 19.1 Å². The summed E-state index contributed by atoms with van der Waals surface area (Å²) in [5.41, 5.74) is 7.07. The molecule has 60 valence electrons. The average molecular weight is 261 g/mol. The van der Waals surface area contributed by atoms with Crippen molar-refractivity contribution in [2.75, 3.05) is 0 Å². The van der Waals surface area contributed by atoms with Crippen LogP contribution in [0.25, 0.3) is 0 Å². The van der Waals surface area contributed by atoms with Gasteiger partial charge in [-0.05, 0) is 46.7 Å². The van der Waals surface area contributed by atoms with Crippen LogP contribution in [0.3, 0.4) is 0 Å². The van der Waals surface area contributed by atoms with Gasteiger partial charge in [-0.2, -0.15) is 0 Å². The Hall–Kier alpha value is -0.0900. The van der Waals surface area contributed by atoms with Crippen molar-refractivity contribution in [2.24, 2.45) is 5.73 Å². The molecular formula is C9H12IN. The highest BCUT2D eigenvalue weighted by molar-refractivity contribution is 14.1. The van der Waals surface area contributed by atoms with Crippen molar-refractivity contribution in [3.63, 3.8) is 0 Å². The Morgan fingerprint density at radius 2 is 1.91 bits per heavy atom. The van der Waals surface area contributed by atoms with E-state index in [-0.39, 0.29) is 6.04 Å². The van der Waals surface area contributed by atoms with E-state index < -0.39 is 0 Å². The number of nitrogens with two attached hydrogens (primary N) is 1. The fourth-order valence-electron chi connectivity index (χ4n) is 0.946. The van der Waals surface area contributed by atoms with Gasteiger partial charge in [-0.15, -0.1) is 0 Å². The maximum absolute atomic E-state index is 5.84. The van der Waals surface area contributed by atoms with E-state index in [9.17, 15) is 0 Å². The van der Waals surface area contributed by atoms with Gasteiger partial charge >= 0.3 is 0 Å². The molecule has 1 nitrogen and oxygen atoms in total. The summed E-state index contributed by atoms with van der Waals surface area (Å²) in [6.07, 6.45) is 1.00. The van der Waals surface area contributed by atoms with E-state index in [1.54, 1.807) is 0 Å². The molecule has 1 unspecified atom stereocenters. The molecule has 11 heavy (non-hydrogen) atoms. The van der Waals surface area contributed by atoms with Gasteiger partial charge in [0.1, 0.15) is 0 Å². The summed E-state index contributed by atoms with van der Waals surface area (Å²) >= 11 is 2.29. The second-order valence-corrected chi connectivity index (χ2v) is 3.81. The zero-order valence-electron chi connectivity index (χ0n) is 6.55. The minimum Gasteiger partial charge on any atom is -0.324 e. The summed E-state index contributed by atoms with van der Waals surface area (Å²) in [6.45, 7) is 2.10. The minimum atomic E-state index is 0.201. The summed E-state index contributed by atoms with van der Waals surface area (Å²) in [5.74, 6) is 0. The molecule has 1 aromatic carbocycles. The molecule has 1 rings (SSSR count). The molecule has 0 radical (unpaired) electrons. The van der Waals surface area contributed by atoms with Crippen LogP contribution in [0.2, 0.25) is 0 Å². The predicted molar refractivity (Wildman–Crippen MR) is 56.4 cm³/mol. The maximum Gasteiger partial charge on any atom is 0.0292 e. The highest BCUT2D eigenvalue weighted by Gasteiger charge is 2.00. The van der Waals surface area contributed by atoms with Gasteiger partial charge in [0.25, 0.3) is 0 Å². The zero-order chi connectivity index (χ0) is 8.27. The van der Waals surface area contributed by atoms with Crippen molar-refractivity contribution in [1.29, 1.82) is 0 Å². The Balaban J connectivity index is 2.81. The molecule has 0 aromatic heterocycles. The van der Waals surface area contributed by atoms with E-state index >= 15 is 0 Å². The molecule has 0 aliphatic heterocycles. The Labute approximate surface area is 81.1 Å². The number of halogens is 1. The Morgan fingerprint density at radius 3 is 2.36 bits per heavy atom. The second-order valence-electron chi connectivity index (χ2n) is 2.57. The molecule has 0 saturated carbocycles. The number of benzene rings is 1. The lowest BCUT2D eigenvalue weighted by molar-refractivity contribution is 0.698. The van der Waals surface area contributed by atoms with Gasteiger partial charge in [-0.25, -0.2) is 0 Å². The zero-order valence-corrected chi connectivity index (χ0v) is 8.71. The van der Waals surface area contributed by atoms with Crippen LogP contribution >= 0.6 is 22.6 Å². The first-order chi connectivity index (χ1) is 5.24. The summed E-state index contributed by atoms with van der Waals surface area (Å²) in [7, 11) is 0.